The number of nitrogens with zero attached hydrogens (tertiary/aromatic N) is 2. The number of anilines is 1. The lowest BCUT2D eigenvalue weighted by Gasteiger charge is -2.09. The minimum absolute atomic E-state index is 0.0352. The molecule has 44 heavy (non-hydrogen) atoms. The van der Waals surface area contributed by atoms with E-state index in [4.69, 9.17) is 20.8 Å². The summed E-state index contributed by atoms with van der Waals surface area (Å²) >= 11 is 2.60. The van der Waals surface area contributed by atoms with Crippen molar-refractivity contribution in [3.63, 3.8) is 0 Å². The average Bonchev–Trinajstić information content (AvgIpc) is 3.57. The second kappa shape index (κ2) is 16.9. The van der Waals surface area contributed by atoms with Crippen LogP contribution in [-0.2, 0) is 18.4 Å². The number of aromatic carboxylic acids is 2. The van der Waals surface area contributed by atoms with Crippen molar-refractivity contribution in [2.24, 2.45) is 0 Å². The highest BCUT2D eigenvalue weighted by Gasteiger charge is 2.28. The quantitative estimate of drug-likeness (QED) is 0.113. The molecule has 0 radical (unpaired) electrons. The fourth-order valence-corrected chi connectivity index (χ4v) is 6.13. The molecule has 4 aromatic rings. The van der Waals surface area contributed by atoms with Crippen LogP contribution >= 0.6 is 30.5 Å². The molecule has 0 aliphatic heterocycles. The largest absolute Gasteiger partial charge is 0.480 e. The van der Waals surface area contributed by atoms with Crippen molar-refractivity contribution >= 4 is 63.8 Å². The first-order valence-corrected chi connectivity index (χ1v) is 16.4. The monoisotopic (exact) mass is 667 g/mol. The first kappa shape index (κ1) is 36.5. The number of phosphoric acid groups is 1. The first-order valence-electron chi connectivity index (χ1n) is 13.2. The molecule has 0 aliphatic carbocycles. The molecule has 0 fully saturated rings. The van der Waals surface area contributed by atoms with Crippen molar-refractivity contribution in [2.45, 2.75) is 46.5 Å². The number of carboxylic acids is 3. The molecule has 2 heterocycles. The number of thiazole rings is 2. The van der Waals surface area contributed by atoms with Gasteiger partial charge in [0.2, 0.25) is 0 Å². The number of aryl methyl sites for hydroxylation is 2. The van der Waals surface area contributed by atoms with E-state index in [9.17, 15) is 24.1 Å². The fourth-order valence-electron chi connectivity index (χ4n) is 3.57. The molecule has 6 N–H and O–H groups in total. The Balaban J connectivity index is 0.000000241. The number of rotatable bonds is 11. The number of carbonyl (C=O) groups is 3. The van der Waals surface area contributed by atoms with E-state index in [1.165, 1.54) is 28.7 Å². The number of fused-ring (bicyclic) bond motifs is 1. The molecule has 1 atom stereocenters. The van der Waals surface area contributed by atoms with Crippen molar-refractivity contribution in [2.75, 3.05) is 18.9 Å². The Bertz CT molecular complexity index is 1560. The van der Waals surface area contributed by atoms with Crippen LogP contribution in [0.4, 0.5) is 5.13 Å². The van der Waals surface area contributed by atoms with Crippen LogP contribution in [0.2, 0.25) is 0 Å². The maximum absolute atomic E-state index is 11.5. The maximum Gasteiger partial charge on any atom is 0.472 e. The second-order valence-electron chi connectivity index (χ2n) is 9.13. The van der Waals surface area contributed by atoms with Gasteiger partial charge >= 0.3 is 25.7 Å². The molecule has 238 valence electrons. The third kappa shape index (κ3) is 10.8. The van der Waals surface area contributed by atoms with E-state index < -0.39 is 31.6 Å². The normalized spacial score (nSPS) is 11.6. The summed E-state index contributed by atoms with van der Waals surface area (Å²) in [6, 6.07) is 10.3. The SMILES string of the molecule is CCCOP(=O)(O)OCCC.Cc1cc(C)c(C(=O)O)cc1C(=O)O.Nc1nc(C(C(=O)O)c2nc3ccccc3s2)cs1. The number of nitrogens with two attached hydrogens (primary N) is 1. The molecule has 13 nitrogen and oxygen atoms in total. The molecule has 0 bridgehead atoms. The lowest BCUT2D eigenvalue weighted by Crippen LogP contribution is -2.13. The number of hydrogen-bond acceptors (Lipinski definition) is 11. The standard InChI is InChI=1S/C12H9N3O2S2.C10H10O4.C6H15O4P/c13-12-15-7(5-18-12)9(11(16)17)10-14-6-3-1-2-4-8(6)19-10;1-5-3-6(2)8(10(13)14)4-7(5)9(11)12;1-3-5-9-11(7,8)10-6-4-2/h1-5,9H,(H2,13,15)(H,16,17);3-4H,1-2H3,(H,11,12)(H,13,14);3-6H2,1-2H3,(H,7,8). The van der Waals surface area contributed by atoms with Crippen LogP contribution in [0, 0.1) is 13.8 Å². The lowest BCUT2D eigenvalue weighted by atomic mass is 10.0. The molecular weight excluding hydrogens is 633 g/mol. The zero-order chi connectivity index (χ0) is 33.0. The minimum Gasteiger partial charge on any atom is -0.480 e. The highest BCUT2D eigenvalue weighted by atomic mass is 32.1. The summed E-state index contributed by atoms with van der Waals surface area (Å²) in [5, 5.41) is 29.5. The summed E-state index contributed by atoms with van der Waals surface area (Å²) in [7, 11) is -3.73. The number of phosphoric ester groups is 1. The molecule has 2 aromatic carbocycles. The van der Waals surface area contributed by atoms with Gasteiger partial charge in [-0.1, -0.05) is 32.0 Å². The number of aliphatic carboxylic acids is 1. The maximum atomic E-state index is 11.5. The highest BCUT2D eigenvalue weighted by molar-refractivity contribution is 7.47. The second-order valence-corrected chi connectivity index (χ2v) is 12.5. The van der Waals surface area contributed by atoms with E-state index in [0.717, 1.165) is 10.2 Å². The number of benzene rings is 2. The van der Waals surface area contributed by atoms with Crippen LogP contribution in [-0.4, -0.2) is 61.3 Å². The van der Waals surface area contributed by atoms with Gasteiger partial charge in [0.15, 0.2) is 11.0 Å². The number of carboxylic acid groups (broad SMARTS) is 3. The molecule has 4 rings (SSSR count). The van der Waals surface area contributed by atoms with Gasteiger partial charge in [0.1, 0.15) is 5.01 Å². The van der Waals surface area contributed by atoms with Gasteiger partial charge in [-0.05, 0) is 56.0 Å². The summed E-state index contributed by atoms with van der Waals surface area (Å²) in [4.78, 5) is 50.2. The summed E-state index contributed by atoms with van der Waals surface area (Å²) in [6.07, 6.45) is 1.42. The zero-order valence-electron chi connectivity index (χ0n) is 24.4. The van der Waals surface area contributed by atoms with Gasteiger partial charge in [-0.15, -0.1) is 22.7 Å². The first-order chi connectivity index (χ1) is 20.7. The van der Waals surface area contributed by atoms with E-state index in [-0.39, 0.29) is 24.3 Å². The Kier molecular flexibility index (Phi) is 14.0. The summed E-state index contributed by atoms with van der Waals surface area (Å²) < 4.78 is 20.9. The van der Waals surface area contributed by atoms with Gasteiger partial charge in [-0.2, -0.15) is 0 Å². The zero-order valence-corrected chi connectivity index (χ0v) is 26.9. The van der Waals surface area contributed by atoms with Crippen molar-refractivity contribution in [1.29, 1.82) is 0 Å². The van der Waals surface area contributed by atoms with Gasteiger partial charge < -0.3 is 25.9 Å². The Morgan fingerprint density at radius 1 is 0.932 bits per heavy atom. The molecule has 16 heteroatoms. The fraction of sp³-hybridized carbons (Fsp3) is 0.321. The summed E-state index contributed by atoms with van der Waals surface area (Å²) in [5.74, 6) is -4.04. The number of aromatic nitrogens is 2. The summed E-state index contributed by atoms with van der Waals surface area (Å²) in [6.45, 7) is 7.53. The van der Waals surface area contributed by atoms with Gasteiger partial charge in [-0.3, -0.25) is 13.8 Å². The molecule has 0 amide bonds. The van der Waals surface area contributed by atoms with Gasteiger partial charge in [0.05, 0.1) is 40.3 Å². The Labute approximate surface area is 261 Å². The number of nitrogen functional groups attached to an aromatic ring is 1. The predicted molar refractivity (Wildman–Crippen MR) is 168 cm³/mol. The predicted octanol–water partition coefficient (Wildman–Crippen LogP) is 6.19. The van der Waals surface area contributed by atoms with Crippen LogP contribution in [0.5, 0.6) is 0 Å². The van der Waals surface area contributed by atoms with Gasteiger partial charge in [0.25, 0.3) is 0 Å². The molecule has 2 aromatic heterocycles. The number of para-hydroxylation sites is 1. The van der Waals surface area contributed by atoms with E-state index in [2.05, 4.69) is 19.0 Å². The minimum atomic E-state index is -3.73. The molecule has 1 unspecified atom stereocenters. The highest BCUT2D eigenvalue weighted by Crippen LogP contribution is 2.43. The molecular formula is C28H34N3O10PS2. The van der Waals surface area contributed by atoms with E-state index >= 15 is 0 Å². The van der Waals surface area contributed by atoms with E-state index in [0.29, 0.717) is 39.8 Å². The molecule has 0 aliphatic rings. The molecule has 0 spiro atoms. The topological polar surface area (TPSA) is 219 Å². The molecule has 0 saturated carbocycles. The van der Waals surface area contributed by atoms with Crippen molar-refractivity contribution in [3.8, 4) is 0 Å². The third-order valence-corrected chi connectivity index (χ3v) is 8.40. The third-order valence-electron chi connectivity index (χ3n) is 5.59. The van der Waals surface area contributed by atoms with Crippen molar-refractivity contribution in [3.05, 3.63) is 74.7 Å². The van der Waals surface area contributed by atoms with Crippen LogP contribution in [0.15, 0.2) is 41.8 Å². The Morgan fingerprint density at radius 3 is 1.91 bits per heavy atom. The average molecular weight is 668 g/mol. The Hall–Kier alpha value is -3.72. The summed E-state index contributed by atoms with van der Waals surface area (Å²) in [5.41, 5.74) is 8.02. The lowest BCUT2D eigenvalue weighted by molar-refractivity contribution is -0.137. The molecule has 0 saturated heterocycles. The Morgan fingerprint density at radius 2 is 1.48 bits per heavy atom. The van der Waals surface area contributed by atoms with Crippen LogP contribution in [0.1, 0.15) is 75.2 Å². The smallest absolute Gasteiger partial charge is 0.472 e. The van der Waals surface area contributed by atoms with Crippen LogP contribution in [0.3, 0.4) is 0 Å². The van der Waals surface area contributed by atoms with Gasteiger partial charge in [0, 0.05) is 5.38 Å². The van der Waals surface area contributed by atoms with Crippen molar-refractivity contribution < 1.29 is 48.2 Å². The van der Waals surface area contributed by atoms with Gasteiger partial charge in [-0.25, -0.2) is 24.1 Å². The van der Waals surface area contributed by atoms with E-state index in [1.807, 2.05) is 38.1 Å². The number of hydrogen-bond donors (Lipinski definition) is 5. The van der Waals surface area contributed by atoms with E-state index in [1.54, 1.807) is 25.3 Å². The van der Waals surface area contributed by atoms with Crippen LogP contribution < -0.4 is 5.73 Å². The van der Waals surface area contributed by atoms with Crippen LogP contribution in [0.25, 0.3) is 10.2 Å². The van der Waals surface area contributed by atoms with Crippen molar-refractivity contribution in [1.82, 2.24) is 9.97 Å².